The number of aryl methyl sites for hydroxylation is 1. The molecule has 1 aliphatic rings. The summed E-state index contributed by atoms with van der Waals surface area (Å²) in [6, 6.07) is 10.2. The predicted molar refractivity (Wildman–Crippen MR) is 112 cm³/mol. The second-order valence-electron chi connectivity index (χ2n) is 8.03. The van der Waals surface area contributed by atoms with Crippen LogP contribution in [0.25, 0.3) is 5.69 Å². The summed E-state index contributed by atoms with van der Waals surface area (Å²) in [5.41, 5.74) is 5.76. The van der Waals surface area contributed by atoms with E-state index in [9.17, 15) is 4.79 Å². The normalized spacial score (nSPS) is 16.1. The number of hydrogen-bond donors (Lipinski definition) is 2. The van der Waals surface area contributed by atoms with Gasteiger partial charge in [0.25, 0.3) is 5.91 Å². The number of nitrogens with zero attached hydrogens (tertiary/aromatic N) is 4. The Balaban J connectivity index is 1.48. The molecular weight excluding hydrogens is 364 g/mol. The van der Waals surface area contributed by atoms with Crippen LogP contribution in [0.15, 0.2) is 36.5 Å². The predicted octanol–water partition coefficient (Wildman–Crippen LogP) is 3.09. The SMILES string of the molecule is Cc1ccn(-c2ccc(CNC(=O)c3nn(C(C)C)c4c3CNCC4C)cc2)n1. The van der Waals surface area contributed by atoms with E-state index < -0.39 is 0 Å². The van der Waals surface area contributed by atoms with E-state index in [1.165, 1.54) is 5.69 Å². The maximum atomic E-state index is 12.9. The van der Waals surface area contributed by atoms with Gasteiger partial charge in [0.05, 0.1) is 11.4 Å². The molecule has 29 heavy (non-hydrogen) atoms. The molecule has 3 heterocycles. The van der Waals surface area contributed by atoms with E-state index in [0.717, 1.165) is 29.1 Å². The van der Waals surface area contributed by atoms with Gasteiger partial charge in [-0.15, -0.1) is 0 Å². The van der Waals surface area contributed by atoms with Gasteiger partial charge in [0.2, 0.25) is 0 Å². The van der Waals surface area contributed by atoms with E-state index in [4.69, 9.17) is 0 Å². The largest absolute Gasteiger partial charge is 0.347 e. The van der Waals surface area contributed by atoms with Crippen molar-refractivity contribution in [1.82, 2.24) is 30.2 Å². The number of carbonyl (C=O) groups is 1. The van der Waals surface area contributed by atoms with Gasteiger partial charge >= 0.3 is 0 Å². The van der Waals surface area contributed by atoms with Crippen molar-refractivity contribution in [2.45, 2.75) is 52.7 Å². The van der Waals surface area contributed by atoms with Gasteiger partial charge in [0, 0.05) is 49.0 Å². The van der Waals surface area contributed by atoms with Crippen LogP contribution in [0, 0.1) is 6.92 Å². The average molecular weight is 393 g/mol. The van der Waals surface area contributed by atoms with Crippen molar-refractivity contribution >= 4 is 5.91 Å². The Morgan fingerprint density at radius 1 is 1.24 bits per heavy atom. The molecule has 2 aromatic heterocycles. The van der Waals surface area contributed by atoms with Crippen LogP contribution in [0.3, 0.4) is 0 Å². The van der Waals surface area contributed by atoms with Gasteiger partial charge in [-0.25, -0.2) is 4.68 Å². The Morgan fingerprint density at radius 3 is 2.66 bits per heavy atom. The van der Waals surface area contributed by atoms with Crippen LogP contribution in [-0.4, -0.2) is 32.0 Å². The first-order chi connectivity index (χ1) is 13.9. The summed E-state index contributed by atoms with van der Waals surface area (Å²) >= 11 is 0. The van der Waals surface area contributed by atoms with Gasteiger partial charge in [-0.2, -0.15) is 10.2 Å². The first-order valence-electron chi connectivity index (χ1n) is 10.2. The number of rotatable bonds is 5. The van der Waals surface area contributed by atoms with Crippen molar-refractivity contribution in [3.05, 3.63) is 64.7 Å². The maximum Gasteiger partial charge on any atom is 0.272 e. The van der Waals surface area contributed by atoms with Crippen LogP contribution in [0.2, 0.25) is 0 Å². The average Bonchev–Trinajstić information content (AvgIpc) is 3.31. The highest BCUT2D eigenvalue weighted by molar-refractivity contribution is 5.94. The van der Waals surface area contributed by atoms with Gasteiger partial charge in [0.1, 0.15) is 0 Å². The first-order valence-corrected chi connectivity index (χ1v) is 10.2. The molecule has 1 aliphatic heterocycles. The fraction of sp³-hybridized carbons (Fsp3) is 0.409. The Bertz CT molecular complexity index is 1010. The van der Waals surface area contributed by atoms with Gasteiger partial charge in [-0.3, -0.25) is 9.48 Å². The lowest BCUT2D eigenvalue weighted by Crippen LogP contribution is -2.30. The van der Waals surface area contributed by atoms with Crippen molar-refractivity contribution in [3.63, 3.8) is 0 Å². The fourth-order valence-electron chi connectivity index (χ4n) is 3.86. The highest BCUT2D eigenvalue weighted by Crippen LogP contribution is 2.28. The molecule has 0 radical (unpaired) electrons. The molecule has 2 N–H and O–H groups in total. The minimum Gasteiger partial charge on any atom is -0.347 e. The molecule has 152 valence electrons. The van der Waals surface area contributed by atoms with E-state index >= 15 is 0 Å². The summed E-state index contributed by atoms with van der Waals surface area (Å²) < 4.78 is 3.85. The zero-order valence-electron chi connectivity index (χ0n) is 17.4. The van der Waals surface area contributed by atoms with Gasteiger partial charge in [0.15, 0.2) is 5.69 Å². The summed E-state index contributed by atoms with van der Waals surface area (Å²) in [6.07, 6.45) is 1.94. The first kappa shape index (κ1) is 19.4. The van der Waals surface area contributed by atoms with Crippen LogP contribution in [0.1, 0.15) is 65.7 Å². The number of fused-ring (bicyclic) bond motifs is 1. The molecule has 7 nitrogen and oxygen atoms in total. The molecule has 1 amide bonds. The molecule has 0 aliphatic carbocycles. The third kappa shape index (κ3) is 3.82. The number of carbonyl (C=O) groups excluding carboxylic acids is 1. The third-order valence-corrected chi connectivity index (χ3v) is 5.35. The third-order valence-electron chi connectivity index (χ3n) is 5.35. The highest BCUT2D eigenvalue weighted by Gasteiger charge is 2.29. The Hall–Kier alpha value is -2.93. The van der Waals surface area contributed by atoms with Gasteiger partial charge in [-0.1, -0.05) is 19.1 Å². The molecule has 4 rings (SSSR count). The molecule has 0 spiro atoms. The van der Waals surface area contributed by atoms with Crippen molar-refractivity contribution < 1.29 is 4.79 Å². The van der Waals surface area contributed by atoms with Gasteiger partial charge < -0.3 is 10.6 Å². The van der Waals surface area contributed by atoms with Crippen molar-refractivity contribution in [1.29, 1.82) is 0 Å². The topological polar surface area (TPSA) is 76.8 Å². The minimum absolute atomic E-state index is 0.122. The molecular formula is C22H28N6O. The van der Waals surface area contributed by atoms with Crippen molar-refractivity contribution in [3.8, 4) is 5.69 Å². The van der Waals surface area contributed by atoms with Crippen LogP contribution < -0.4 is 10.6 Å². The van der Waals surface area contributed by atoms with Crippen LogP contribution in [0.5, 0.6) is 0 Å². The lowest BCUT2D eigenvalue weighted by molar-refractivity contribution is 0.0944. The van der Waals surface area contributed by atoms with Crippen molar-refractivity contribution in [2.24, 2.45) is 0 Å². The highest BCUT2D eigenvalue weighted by atomic mass is 16.2. The van der Waals surface area contributed by atoms with Crippen molar-refractivity contribution in [2.75, 3.05) is 6.54 Å². The second-order valence-corrected chi connectivity index (χ2v) is 8.03. The smallest absolute Gasteiger partial charge is 0.272 e. The summed E-state index contributed by atoms with van der Waals surface area (Å²) in [4.78, 5) is 12.9. The number of amides is 1. The monoisotopic (exact) mass is 392 g/mol. The van der Waals surface area contributed by atoms with Crippen LogP contribution >= 0.6 is 0 Å². The molecule has 1 unspecified atom stereocenters. The minimum atomic E-state index is -0.122. The zero-order valence-corrected chi connectivity index (χ0v) is 17.4. The summed E-state index contributed by atoms with van der Waals surface area (Å²) in [5, 5.41) is 15.5. The fourth-order valence-corrected chi connectivity index (χ4v) is 3.86. The Morgan fingerprint density at radius 2 is 2.00 bits per heavy atom. The summed E-state index contributed by atoms with van der Waals surface area (Å²) in [7, 11) is 0. The van der Waals surface area contributed by atoms with E-state index in [-0.39, 0.29) is 11.9 Å². The lowest BCUT2D eigenvalue weighted by atomic mass is 9.97. The van der Waals surface area contributed by atoms with E-state index in [1.807, 2.05) is 52.8 Å². The molecule has 0 fully saturated rings. The molecule has 0 saturated carbocycles. The quantitative estimate of drug-likeness (QED) is 0.700. The number of aromatic nitrogens is 4. The number of benzene rings is 1. The Kier molecular flexibility index (Phi) is 5.24. The molecule has 1 aromatic carbocycles. The zero-order chi connectivity index (χ0) is 20.5. The van der Waals surface area contributed by atoms with E-state index in [1.54, 1.807) is 0 Å². The number of hydrogen-bond acceptors (Lipinski definition) is 4. The Labute approximate surface area is 171 Å². The standard InChI is InChI=1S/C22H28N6O/c1-14(2)28-21-15(3)11-23-13-19(21)20(26-28)22(29)24-12-17-5-7-18(8-6-17)27-10-9-16(4)25-27/h5-10,14-15,23H,11-13H2,1-4H3,(H,24,29). The molecule has 0 saturated heterocycles. The van der Waals surface area contributed by atoms with E-state index in [0.29, 0.717) is 24.7 Å². The molecule has 0 bridgehead atoms. The molecule has 3 aromatic rings. The second kappa shape index (κ2) is 7.83. The van der Waals surface area contributed by atoms with Gasteiger partial charge in [-0.05, 0) is 44.5 Å². The molecule has 1 atom stereocenters. The van der Waals surface area contributed by atoms with Crippen LogP contribution in [0.4, 0.5) is 0 Å². The van der Waals surface area contributed by atoms with Crippen LogP contribution in [-0.2, 0) is 13.1 Å². The summed E-state index contributed by atoms with van der Waals surface area (Å²) in [6.45, 7) is 10.4. The van der Waals surface area contributed by atoms with E-state index in [2.05, 4.69) is 41.6 Å². The molecule has 7 heteroatoms. The maximum absolute atomic E-state index is 12.9. The lowest BCUT2D eigenvalue weighted by Gasteiger charge is -2.23. The number of nitrogens with one attached hydrogen (secondary N) is 2. The summed E-state index contributed by atoms with van der Waals surface area (Å²) in [5.74, 6) is 0.219.